The number of Topliss-reactive ketones (excluding diaryl/α,β-unsaturated/α-hetero) is 1. The van der Waals surface area contributed by atoms with Gasteiger partial charge in [0.15, 0.2) is 0 Å². The van der Waals surface area contributed by atoms with Gasteiger partial charge in [-0.1, -0.05) is 24.3 Å². The van der Waals surface area contributed by atoms with Gasteiger partial charge in [-0.2, -0.15) is 5.26 Å². The van der Waals surface area contributed by atoms with Crippen molar-refractivity contribution in [2.24, 2.45) is 0 Å². The fourth-order valence-corrected chi connectivity index (χ4v) is 3.97. The van der Waals surface area contributed by atoms with Gasteiger partial charge in [-0.05, 0) is 25.0 Å². The van der Waals surface area contributed by atoms with Gasteiger partial charge in [0, 0.05) is 41.4 Å². The zero-order valence-electron chi connectivity index (χ0n) is 11.7. The number of hydrogen-bond acceptors (Lipinski definition) is 3. The molecule has 4 rings (SSSR count). The van der Waals surface area contributed by atoms with E-state index in [-0.39, 0.29) is 0 Å². The second kappa shape index (κ2) is 4.60. The molecule has 2 aliphatic rings. The van der Waals surface area contributed by atoms with Crippen LogP contribution in [0.2, 0.25) is 0 Å². The summed E-state index contributed by atoms with van der Waals surface area (Å²) in [5.74, 6) is 0.400. The van der Waals surface area contributed by atoms with Crippen LogP contribution in [0.4, 0.5) is 5.69 Å². The Labute approximate surface area is 123 Å². The Balaban J connectivity index is 1.89. The van der Waals surface area contributed by atoms with Crippen molar-refractivity contribution in [3.63, 3.8) is 0 Å². The lowest BCUT2D eigenvalue weighted by Gasteiger charge is -2.36. The summed E-state index contributed by atoms with van der Waals surface area (Å²) in [5, 5.41) is 11.4. The van der Waals surface area contributed by atoms with Crippen LogP contribution in [-0.2, 0) is 4.79 Å². The predicted molar refractivity (Wildman–Crippen MR) is 82.2 cm³/mol. The summed E-state index contributed by atoms with van der Waals surface area (Å²) < 4.78 is 0. The lowest BCUT2D eigenvalue weighted by atomic mass is 9.97. The molecule has 0 N–H and O–H groups in total. The lowest BCUT2D eigenvalue weighted by molar-refractivity contribution is -0.120. The molecular formula is C18H16N2O. The molecule has 0 unspecified atom stereocenters. The monoisotopic (exact) mass is 276 g/mol. The molecule has 21 heavy (non-hydrogen) atoms. The Morgan fingerprint density at radius 2 is 1.67 bits per heavy atom. The minimum atomic E-state index is 0.340. The van der Waals surface area contributed by atoms with Crippen LogP contribution in [0, 0.1) is 11.3 Å². The van der Waals surface area contributed by atoms with Crippen LogP contribution in [0.5, 0.6) is 0 Å². The van der Waals surface area contributed by atoms with Gasteiger partial charge in [-0.3, -0.25) is 4.79 Å². The van der Waals surface area contributed by atoms with Gasteiger partial charge >= 0.3 is 0 Å². The number of anilines is 1. The summed E-state index contributed by atoms with van der Waals surface area (Å²) in [6.45, 7) is 0. The summed E-state index contributed by atoms with van der Waals surface area (Å²) in [6, 6.07) is 15.0. The van der Waals surface area contributed by atoms with Crippen molar-refractivity contribution in [3.05, 3.63) is 42.0 Å². The number of hydrogen-bond donors (Lipinski definition) is 0. The highest BCUT2D eigenvalue weighted by molar-refractivity contribution is 5.99. The van der Waals surface area contributed by atoms with Crippen LogP contribution in [0.3, 0.4) is 0 Å². The van der Waals surface area contributed by atoms with E-state index in [1.807, 2.05) is 24.3 Å². The van der Waals surface area contributed by atoms with Crippen molar-refractivity contribution in [1.82, 2.24) is 0 Å². The third kappa shape index (κ3) is 1.83. The highest BCUT2D eigenvalue weighted by Crippen LogP contribution is 2.41. The van der Waals surface area contributed by atoms with E-state index in [9.17, 15) is 10.1 Å². The molecule has 2 saturated heterocycles. The first-order valence-corrected chi connectivity index (χ1v) is 7.50. The minimum Gasteiger partial charge on any atom is -0.364 e. The summed E-state index contributed by atoms with van der Waals surface area (Å²) in [5.41, 5.74) is 1.90. The maximum absolute atomic E-state index is 11.8. The van der Waals surface area contributed by atoms with Crippen molar-refractivity contribution in [3.8, 4) is 6.07 Å². The molecule has 2 aromatic rings. The standard InChI is InChI=1S/C18H16N2O/c19-11-12-5-8-18(17-4-2-1-3-16(12)17)20-13-6-7-14(20)10-15(21)9-13/h1-5,8,13-14H,6-7,9-10H2/t13-,14+. The van der Waals surface area contributed by atoms with Crippen molar-refractivity contribution in [1.29, 1.82) is 5.26 Å². The molecule has 0 saturated carbocycles. The number of piperidine rings is 1. The number of ketones is 1. The first-order valence-electron chi connectivity index (χ1n) is 7.50. The number of fused-ring (bicyclic) bond motifs is 3. The molecule has 2 aliphatic heterocycles. The van der Waals surface area contributed by atoms with E-state index in [0.29, 0.717) is 30.7 Å². The summed E-state index contributed by atoms with van der Waals surface area (Å²) in [4.78, 5) is 14.2. The minimum absolute atomic E-state index is 0.340. The second-order valence-corrected chi connectivity index (χ2v) is 6.03. The number of carbonyl (C=O) groups is 1. The van der Waals surface area contributed by atoms with E-state index in [0.717, 1.165) is 29.2 Å². The van der Waals surface area contributed by atoms with Crippen LogP contribution >= 0.6 is 0 Å². The smallest absolute Gasteiger partial charge is 0.137 e. The van der Waals surface area contributed by atoms with Crippen LogP contribution in [-0.4, -0.2) is 17.9 Å². The van der Waals surface area contributed by atoms with Crippen LogP contribution in [0.1, 0.15) is 31.2 Å². The number of carbonyl (C=O) groups excluding carboxylic acids is 1. The lowest BCUT2D eigenvalue weighted by Crippen LogP contribution is -2.43. The molecular weight excluding hydrogens is 260 g/mol. The molecule has 104 valence electrons. The van der Waals surface area contributed by atoms with Gasteiger partial charge < -0.3 is 4.90 Å². The fraction of sp³-hybridized carbons (Fsp3) is 0.333. The Hall–Kier alpha value is -2.34. The molecule has 0 radical (unpaired) electrons. The first kappa shape index (κ1) is 12.4. The maximum atomic E-state index is 11.8. The van der Waals surface area contributed by atoms with Gasteiger partial charge in [-0.25, -0.2) is 0 Å². The zero-order chi connectivity index (χ0) is 14.4. The van der Waals surface area contributed by atoms with Gasteiger partial charge in [0.25, 0.3) is 0 Å². The van der Waals surface area contributed by atoms with Gasteiger partial charge in [-0.15, -0.1) is 0 Å². The third-order valence-electron chi connectivity index (χ3n) is 4.85. The molecule has 2 fully saturated rings. The van der Waals surface area contributed by atoms with Gasteiger partial charge in [0.2, 0.25) is 0 Å². The summed E-state index contributed by atoms with van der Waals surface area (Å²) in [7, 11) is 0. The Morgan fingerprint density at radius 3 is 2.33 bits per heavy atom. The predicted octanol–water partition coefficient (Wildman–Crippen LogP) is 3.41. The Bertz CT molecular complexity index is 758. The average Bonchev–Trinajstić information content (AvgIpc) is 2.77. The molecule has 2 bridgehead atoms. The van der Waals surface area contributed by atoms with E-state index in [1.165, 1.54) is 5.69 Å². The highest BCUT2D eigenvalue weighted by atomic mass is 16.1. The number of benzene rings is 2. The van der Waals surface area contributed by atoms with Crippen LogP contribution in [0.15, 0.2) is 36.4 Å². The number of rotatable bonds is 1. The fourth-order valence-electron chi connectivity index (χ4n) is 3.97. The Kier molecular flexibility index (Phi) is 2.71. The number of nitriles is 1. The number of nitrogens with zero attached hydrogens (tertiary/aromatic N) is 2. The van der Waals surface area contributed by atoms with E-state index >= 15 is 0 Å². The van der Waals surface area contributed by atoms with Crippen LogP contribution in [0.25, 0.3) is 10.8 Å². The van der Waals surface area contributed by atoms with Crippen LogP contribution < -0.4 is 4.90 Å². The van der Waals surface area contributed by atoms with E-state index in [2.05, 4.69) is 23.1 Å². The first-order chi connectivity index (χ1) is 10.3. The molecule has 0 amide bonds. The molecule has 2 heterocycles. The quantitative estimate of drug-likeness (QED) is 0.801. The maximum Gasteiger partial charge on any atom is 0.137 e. The van der Waals surface area contributed by atoms with Crippen molar-refractivity contribution in [2.45, 2.75) is 37.8 Å². The zero-order valence-corrected chi connectivity index (χ0v) is 11.7. The topological polar surface area (TPSA) is 44.1 Å². The van der Waals surface area contributed by atoms with Gasteiger partial charge in [0.1, 0.15) is 5.78 Å². The molecule has 0 aliphatic carbocycles. The average molecular weight is 276 g/mol. The molecule has 2 atom stereocenters. The third-order valence-corrected chi connectivity index (χ3v) is 4.85. The van der Waals surface area contributed by atoms with Crippen molar-refractivity contribution < 1.29 is 4.79 Å². The molecule has 0 spiro atoms. The van der Waals surface area contributed by atoms with Gasteiger partial charge in [0.05, 0.1) is 11.6 Å². The molecule has 0 aromatic heterocycles. The van der Waals surface area contributed by atoms with Crippen molar-refractivity contribution >= 4 is 22.2 Å². The highest BCUT2D eigenvalue weighted by Gasteiger charge is 2.40. The molecule has 3 heteroatoms. The second-order valence-electron chi connectivity index (χ2n) is 6.03. The molecule has 2 aromatic carbocycles. The Morgan fingerprint density at radius 1 is 1.00 bits per heavy atom. The summed E-state index contributed by atoms with van der Waals surface area (Å²) >= 11 is 0. The summed E-state index contributed by atoms with van der Waals surface area (Å²) in [6.07, 6.45) is 3.55. The van der Waals surface area contributed by atoms with E-state index in [4.69, 9.17) is 0 Å². The van der Waals surface area contributed by atoms with E-state index < -0.39 is 0 Å². The SMILES string of the molecule is N#Cc1ccc(N2[C@@H]3CC[C@H]2CC(=O)C3)c2ccccc12. The van der Waals surface area contributed by atoms with Crippen molar-refractivity contribution in [2.75, 3.05) is 4.90 Å². The van der Waals surface area contributed by atoms with E-state index in [1.54, 1.807) is 0 Å². The normalized spacial score (nSPS) is 24.3. The molecule has 3 nitrogen and oxygen atoms in total. The largest absolute Gasteiger partial charge is 0.364 e.